The maximum absolute atomic E-state index is 12.8. The second kappa shape index (κ2) is 48.2. The van der Waals surface area contributed by atoms with Gasteiger partial charge in [-0.2, -0.15) is 0 Å². The summed E-state index contributed by atoms with van der Waals surface area (Å²) in [7, 11) is 5.54. The van der Waals surface area contributed by atoms with Gasteiger partial charge in [0.05, 0.1) is 34.4 Å². The maximum Gasteiger partial charge on any atom is 0.362 e. The van der Waals surface area contributed by atoms with Crippen molar-refractivity contribution in [3.63, 3.8) is 0 Å². The molecule has 8 heteroatoms. The van der Waals surface area contributed by atoms with Gasteiger partial charge in [-0.25, -0.2) is 4.79 Å². The monoisotopic (exact) mass is 925 g/mol. The van der Waals surface area contributed by atoms with Gasteiger partial charge in [0.1, 0.15) is 6.61 Å². The maximum atomic E-state index is 12.8. The van der Waals surface area contributed by atoms with Crippen LogP contribution in [0.15, 0.2) is 72.9 Å². The summed E-state index contributed by atoms with van der Waals surface area (Å²) in [6, 6.07) is -0.619. The fraction of sp³-hybridized carbons (Fsp3) is 0.741. The number of aliphatic carboxylic acids is 1. The number of carboxylic acid groups (broad SMARTS) is 1. The average Bonchev–Trinajstić information content (AvgIpc) is 3.28. The molecule has 2 atom stereocenters. The van der Waals surface area contributed by atoms with Crippen LogP contribution < -0.4 is 0 Å². The van der Waals surface area contributed by atoms with Crippen LogP contribution in [-0.2, 0) is 28.6 Å². The third-order valence-corrected chi connectivity index (χ3v) is 11.9. The van der Waals surface area contributed by atoms with Crippen LogP contribution in [-0.4, -0.2) is 80.6 Å². The summed E-state index contributed by atoms with van der Waals surface area (Å²) in [6.07, 6.45) is 62.4. The number of hydrogen-bond acceptors (Lipinski definition) is 6. The Hall–Kier alpha value is -3.23. The van der Waals surface area contributed by atoms with Gasteiger partial charge in [0, 0.05) is 19.3 Å². The summed E-state index contributed by atoms with van der Waals surface area (Å²) < 4.78 is 17.4. The molecule has 2 unspecified atom stereocenters. The molecular weight excluding hydrogens is 823 g/mol. The predicted molar refractivity (Wildman–Crippen MR) is 280 cm³/mol. The lowest BCUT2D eigenvalue weighted by Gasteiger charge is -2.31. The first-order valence-corrected chi connectivity index (χ1v) is 27.0. The number of carbonyl (C=O) groups excluding carboxylic acids is 2. The highest BCUT2D eigenvalue weighted by Crippen LogP contribution is 2.16. The average molecular weight is 925 g/mol. The van der Waals surface area contributed by atoms with Crippen molar-refractivity contribution in [3.8, 4) is 0 Å². The SMILES string of the molecule is CC/C=C/C/C=C/C/C=C/CCCCCCCCCCCCCC(=O)OCC(COCCC(C(=O)O)[N+](C)(C)C)OC(=O)CCCCCCCCCCCCC/C=C/C/C=C/C/C=C/CC. The molecule has 0 aliphatic rings. The number of unbranched alkanes of at least 4 members (excludes halogenated alkanes) is 22. The standard InChI is InChI=1S/C58H101NO7/c1-6-8-10-12-14-16-18-20-22-24-26-28-30-32-34-36-38-40-42-44-46-48-56(60)65-53-54(52-64-51-50-55(58(62)63)59(3,4)5)66-57(61)49-47-45-43-41-39-37-35-33-31-29-27-25-23-21-19-17-15-13-11-9-7-2/h8-11,14-17,20-23,54-55H,6-7,12-13,18-19,24-53H2,1-5H3/p+1/b10-8+,11-9+,16-14+,17-15+,22-20+,23-21+. The van der Waals surface area contributed by atoms with Crippen molar-refractivity contribution >= 4 is 17.9 Å². The van der Waals surface area contributed by atoms with Gasteiger partial charge in [0.15, 0.2) is 12.1 Å². The Morgan fingerprint density at radius 2 is 0.803 bits per heavy atom. The van der Waals surface area contributed by atoms with E-state index in [0.717, 1.165) is 77.0 Å². The van der Waals surface area contributed by atoms with E-state index in [1.165, 1.54) is 116 Å². The normalized spacial score (nSPS) is 13.4. The Labute approximate surface area is 406 Å². The Kier molecular flexibility index (Phi) is 45.9. The van der Waals surface area contributed by atoms with Crippen LogP contribution in [0.1, 0.15) is 226 Å². The van der Waals surface area contributed by atoms with E-state index in [9.17, 15) is 19.5 Å². The summed E-state index contributed by atoms with van der Waals surface area (Å²) in [5, 5.41) is 9.67. The zero-order valence-electron chi connectivity index (χ0n) is 43.4. The number of carbonyl (C=O) groups is 3. The molecule has 0 rings (SSSR count). The predicted octanol–water partition coefficient (Wildman–Crippen LogP) is 15.9. The van der Waals surface area contributed by atoms with Gasteiger partial charge in [-0.1, -0.05) is 202 Å². The van der Waals surface area contributed by atoms with Gasteiger partial charge in [0.25, 0.3) is 0 Å². The molecule has 8 nitrogen and oxygen atoms in total. The topological polar surface area (TPSA) is 99.1 Å². The Balaban J connectivity index is 4.21. The molecule has 0 aliphatic carbocycles. The Morgan fingerprint density at radius 1 is 0.455 bits per heavy atom. The minimum atomic E-state index is -0.876. The summed E-state index contributed by atoms with van der Waals surface area (Å²) in [5.41, 5.74) is 0. The number of hydrogen-bond donors (Lipinski definition) is 1. The number of carboxylic acids is 1. The first kappa shape index (κ1) is 62.8. The molecular formula is C58H102NO7+. The third kappa shape index (κ3) is 45.9. The molecule has 0 heterocycles. The molecule has 0 saturated heterocycles. The van der Waals surface area contributed by atoms with Crippen LogP contribution in [0.2, 0.25) is 0 Å². The molecule has 0 bridgehead atoms. The van der Waals surface area contributed by atoms with E-state index in [1.807, 2.05) is 21.1 Å². The first-order valence-electron chi connectivity index (χ1n) is 27.0. The number of nitrogens with zero attached hydrogens (tertiary/aromatic N) is 1. The zero-order chi connectivity index (χ0) is 48.4. The van der Waals surface area contributed by atoms with Gasteiger partial charge in [-0.05, 0) is 77.0 Å². The van der Waals surface area contributed by atoms with E-state index in [2.05, 4.69) is 86.8 Å². The van der Waals surface area contributed by atoms with Crippen molar-refractivity contribution in [1.29, 1.82) is 0 Å². The molecule has 0 saturated carbocycles. The molecule has 0 aliphatic heterocycles. The third-order valence-electron chi connectivity index (χ3n) is 11.9. The van der Waals surface area contributed by atoms with Crippen molar-refractivity contribution < 1.29 is 38.2 Å². The largest absolute Gasteiger partial charge is 0.477 e. The van der Waals surface area contributed by atoms with Gasteiger partial charge >= 0.3 is 17.9 Å². The molecule has 0 aromatic heterocycles. The van der Waals surface area contributed by atoms with Crippen LogP contribution in [0.3, 0.4) is 0 Å². The highest BCUT2D eigenvalue weighted by molar-refractivity contribution is 5.72. The van der Waals surface area contributed by atoms with E-state index in [-0.39, 0.29) is 36.2 Å². The lowest BCUT2D eigenvalue weighted by atomic mass is 10.0. The lowest BCUT2D eigenvalue weighted by Crippen LogP contribution is -2.50. The van der Waals surface area contributed by atoms with Crippen molar-refractivity contribution in [2.45, 2.75) is 238 Å². The zero-order valence-corrected chi connectivity index (χ0v) is 43.4. The van der Waals surface area contributed by atoms with Crippen molar-refractivity contribution in [2.75, 3.05) is 41.0 Å². The fourth-order valence-corrected chi connectivity index (χ4v) is 7.77. The Morgan fingerprint density at radius 3 is 1.18 bits per heavy atom. The van der Waals surface area contributed by atoms with Gasteiger partial charge in [-0.15, -0.1) is 0 Å². The van der Waals surface area contributed by atoms with Crippen LogP contribution in [0.25, 0.3) is 0 Å². The number of allylic oxidation sites excluding steroid dienone is 12. The number of quaternary nitrogens is 1. The second-order valence-electron chi connectivity index (χ2n) is 19.1. The molecule has 380 valence electrons. The molecule has 66 heavy (non-hydrogen) atoms. The number of ether oxygens (including phenoxy) is 3. The Bertz CT molecular complexity index is 1310. The molecule has 0 fully saturated rings. The molecule has 0 radical (unpaired) electrons. The number of rotatable bonds is 48. The van der Waals surface area contributed by atoms with E-state index in [4.69, 9.17) is 14.2 Å². The van der Waals surface area contributed by atoms with Crippen LogP contribution >= 0.6 is 0 Å². The molecule has 1 N–H and O–H groups in total. The highest BCUT2D eigenvalue weighted by atomic mass is 16.6. The van der Waals surface area contributed by atoms with Gasteiger partial charge in [-0.3, -0.25) is 9.59 Å². The molecule has 0 spiro atoms. The number of esters is 2. The smallest absolute Gasteiger partial charge is 0.362 e. The summed E-state index contributed by atoms with van der Waals surface area (Å²) in [5.74, 6) is -1.47. The second-order valence-corrected chi connectivity index (χ2v) is 19.1. The highest BCUT2D eigenvalue weighted by Gasteiger charge is 2.31. The van der Waals surface area contributed by atoms with Crippen LogP contribution in [0.5, 0.6) is 0 Å². The fourth-order valence-electron chi connectivity index (χ4n) is 7.77. The van der Waals surface area contributed by atoms with Gasteiger partial charge in [0.2, 0.25) is 0 Å². The molecule has 0 aromatic rings. The molecule has 0 amide bonds. The van der Waals surface area contributed by atoms with Crippen molar-refractivity contribution in [2.24, 2.45) is 0 Å². The van der Waals surface area contributed by atoms with E-state index in [0.29, 0.717) is 19.3 Å². The minimum absolute atomic E-state index is 0.0551. The van der Waals surface area contributed by atoms with Crippen LogP contribution in [0, 0.1) is 0 Å². The van der Waals surface area contributed by atoms with Gasteiger partial charge < -0.3 is 23.8 Å². The van der Waals surface area contributed by atoms with E-state index < -0.39 is 18.1 Å². The van der Waals surface area contributed by atoms with E-state index in [1.54, 1.807) is 0 Å². The summed E-state index contributed by atoms with van der Waals surface area (Å²) in [4.78, 5) is 37.2. The first-order chi connectivity index (χ1) is 32.1. The molecule has 0 aromatic carbocycles. The van der Waals surface area contributed by atoms with Crippen molar-refractivity contribution in [3.05, 3.63) is 72.9 Å². The van der Waals surface area contributed by atoms with Crippen molar-refractivity contribution in [1.82, 2.24) is 0 Å². The summed E-state index contributed by atoms with van der Waals surface area (Å²) >= 11 is 0. The lowest BCUT2D eigenvalue weighted by molar-refractivity contribution is -0.887. The number of likely N-dealkylation sites (N-methyl/N-ethyl adjacent to an activating group) is 1. The quantitative estimate of drug-likeness (QED) is 0.0281. The summed E-state index contributed by atoms with van der Waals surface area (Å²) in [6.45, 7) is 4.53. The minimum Gasteiger partial charge on any atom is -0.477 e. The van der Waals surface area contributed by atoms with E-state index >= 15 is 0 Å². The van der Waals surface area contributed by atoms with Crippen LogP contribution in [0.4, 0.5) is 0 Å².